The predicted molar refractivity (Wildman–Crippen MR) is 109 cm³/mol. The fraction of sp³-hybridized carbons (Fsp3) is 0.529. The molecule has 0 aliphatic carbocycles. The zero-order chi connectivity index (χ0) is 19.6. The molecule has 1 N–H and O–H groups in total. The highest BCUT2D eigenvalue weighted by atomic mass is 32.2. The van der Waals surface area contributed by atoms with Gasteiger partial charge in [0.2, 0.25) is 10.0 Å². The van der Waals surface area contributed by atoms with Crippen molar-refractivity contribution in [1.82, 2.24) is 9.62 Å². The van der Waals surface area contributed by atoms with E-state index in [1.807, 2.05) is 24.3 Å². The van der Waals surface area contributed by atoms with E-state index in [1.54, 1.807) is 11.8 Å². The zero-order valence-electron chi connectivity index (χ0n) is 15.4. The number of sulfonamides is 1. The van der Waals surface area contributed by atoms with Gasteiger partial charge in [0.25, 0.3) is 0 Å². The number of hydrogen-bond acceptors (Lipinski definition) is 6. The molecule has 148 valence electrons. The minimum absolute atomic E-state index is 0.237. The molecule has 2 aliphatic heterocycles. The monoisotopic (exact) mass is 412 g/mol. The number of anilines is 2. The van der Waals surface area contributed by atoms with E-state index in [1.165, 1.54) is 10.6 Å². The lowest BCUT2D eigenvalue weighted by Crippen LogP contribution is -2.48. The van der Waals surface area contributed by atoms with Crippen molar-refractivity contribution in [2.45, 2.75) is 13.0 Å². The summed E-state index contributed by atoms with van der Waals surface area (Å²) < 4.78 is 30.1. The average Bonchev–Trinajstić information content (AvgIpc) is 3.00. The Balaban J connectivity index is 1.59. The average molecular weight is 413 g/mol. The topological polar surface area (TPSA) is 82.2 Å². The first-order valence-electron chi connectivity index (χ1n) is 8.77. The summed E-state index contributed by atoms with van der Waals surface area (Å²) in [6, 6.07) is 7.68. The van der Waals surface area contributed by atoms with Gasteiger partial charge in [-0.1, -0.05) is 12.2 Å². The second-order valence-corrected chi connectivity index (χ2v) is 9.31. The normalized spacial score (nSPS) is 21.3. The molecule has 27 heavy (non-hydrogen) atoms. The third kappa shape index (κ3) is 4.88. The lowest BCUT2D eigenvalue weighted by Gasteiger charge is -2.34. The van der Waals surface area contributed by atoms with Crippen LogP contribution in [0.15, 0.2) is 24.3 Å². The molecule has 2 aliphatic rings. The quantitative estimate of drug-likeness (QED) is 0.724. The van der Waals surface area contributed by atoms with Crippen LogP contribution in [0.5, 0.6) is 0 Å². The van der Waals surface area contributed by atoms with E-state index in [2.05, 4.69) is 10.2 Å². The largest absolute Gasteiger partial charge is 0.442 e. The summed E-state index contributed by atoms with van der Waals surface area (Å²) in [5.74, 6) is 0. The Labute approximate surface area is 165 Å². The lowest BCUT2D eigenvalue weighted by molar-refractivity contribution is 0.143. The highest BCUT2D eigenvalue weighted by molar-refractivity contribution is 7.88. The Morgan fingerprint density at radius 2 is 1.78 bits per heavy atom. The minimum atomic E-state index is -3.14. The third-order valence-electron chi connectivity index (χ3n) is 4.69. The van der Waals surface area contributed by atoms with Crippen LogP contribution in [0.1, 0.15) is 6.92 Å². The molecule has 10 heteroatoms. The molecule has 0 bridgehead atoms. The molecule has 2 saturated heterocycles. The van der Waals surface area contributed by atoms with Gasteiger partial charge in [0.15, 0.2) is 0 Å². The highest BCUT2D eigenvalue weighted by Crippen LogP contribution is 2.25. The maximum Gasteiger partial charge on any atom is 0.414 e. The van der Waals surface area contributed by atoms with Gasteiger partial charge in [-0.3, -0.25) is 4.90 Å². The van der Waals surface area contributed by atoms with Crippen LogP contribution in [0.2, 0.25) is 0 Å². The first-order valence-corrected chi connectivity index (χ1v) is 11.0. The van der Waals surface area contributed by atoms with Crippen LogP contribution in [-0.4, -0.2) is 75.4 Å². The van der Waals surface area contributed by atoms with Crippen molar-refractivity contribution in [2.24, 2.45) is 0 Å². The molecule has 1 amide bonds. The number of cyclic esters (lactones) is 1. The molecule has 0 aromatic heterocycles. The van der Waals surface area contributed by atoms with Gasteiger partial charge in [0.05, 0.1) is 24.3 Å². The molecule has 3 rings (SSSR count). The lowest BCUT2D eigenvalue weighted by atomic mass is 10.2. The van der Waals surface area contributed by atoms with E-state index in [4.69, 9.17) is 17.0 Å². The Morgan fingerprint density at radius 1 is 1.19 bits per heavy atom. The molecule has 2 fully saturated rings. The van der Waals surface area contributed by atoms with Crippen LogP contribution in [-0.2, 0) is 14.8 Å². The number of benzene rings is 1. The summed E-state index contributed by atoms with van der Waals surface area (Å²) in [5.41, 5.74) is 1.79. The molecule has 2 heterocycles. The van der Waals surface area contributed by atoms with Crippen LogP contribution in [0.25, 0.3) is 0 Å². The van der Waals surface area contributed by atoms with Crippen LogP contribution in [0, 0.1) is 0 Å². The van der Waals surface area contributed by atoms with E-state index in [0.717, 1.165) is 11.4 Å². The second kappa shape index (κ2) is 7.99. The van der Waals surface area contributed by atoms with E-state index in [9.17, 15) is 13.2 Å². The number of hydrogen-bond donors (Lipinski definition) is 1. The SMILES string of the molecule is CC(=S)NC[C@H]1CN(c2ccc(N3CCN(S(C)(=O)=O)CC3)cc2)C(=O)O1. The van der Waals surface area contributed by atoms with Crippen molar-refractivity contribution in [1.29, 1.82) is 0 Å². The van der Waals surface area contributed by atoms with Crippen molar-refractivity contribution < 1.29 is 17.9 Å². The Bertz CT molecular complexity index is 805. The molecule has 0 unspecified atom stereocenters. The molecular formula is C17H24N4O4S2. The fourth-order valence-electron chi connectivity index (χ4n) is 3.22. The van der Waals surface area contributed by atoms with E-state index in [0.29, 0.717) is 44.3 Å². The van der Waals surface area contributed by atoms with Crippen molar-refractivity contribution in [3.63, 3.8) is 0 Å². The van der Waals surface area contributed by atoms with Gasteiger partial charge in [-0.15, -0.1) is 0 Å². The standard InChI is InChI=1S/C17H24N4O4S2/c1-13(26)18-11-16-12-21(17(22)25-16)15-5-3-14(4-6-15)19-7-9-20(10-8-19)27(2,23)24/h3-6,16H,7-12H2,1-2H3,(H,18,26)/t16-/m0/s1. The number of amides is 1. The Morgan fingerprint density at radius 3 is 2.33 bits per heavy atom. The number of piperazine rings is 1. The number of nitrogens with one attached hydrogen (secondary N) is 1. The van der Waals surface area contributed by atoms with Crippen molar-refractivity contribution >= 4 is 44.7 Å². The summed E-state index contributed by atoms with van der Waals surface area (Å²) in [5, 5.41) is 3.02. The van der Waals surface area contributed by atoms with Gasteiger partial charge in [0.1, 0.15) is 6.10 Å². The zero-order valence-corrected chi connectivity index (χ0v) is 17.1. The highest BCUT2D eigenvalue weighted by Gasteiger charge is 2.32. The number of rotatable bonds is 5. The van der Waals surface area contributed by atoms with Gasteiger partial charge in [0, 0.05) is 37.6 Å². The van der Waals surface area contributed by atoms with E-state index >= 15 is 0 Å². The second-order valence-electron chi connectivity index (χ2n) is 6.72. The molecule has 0 radical (unpaired) electrons. The number of thiocarbonyl (C=S) groups is 1. The summed E-state index contributed by atoms with van der Waals surface area (Å²) in [7, 11) is -3.14. The fourth-order valence-corrected chi connectivity index (χ4v) is 4.13. The smallest absolute Gasteiger partial charge is 0.414 e. The summed E-state index contributed by atoms with van der Waals surface area (Å²) >= 11 is 4.98. The van der Waals surface area contributed by atoms with Crippen molar-refractivity contribution in [2.75, 3.05) is 55.3 Å². The van der Waals surface area contributed by atoms with Gasteiger partial charge in [-0.2, -0.15) is 4.31 Å². The van der Waals surface area contributed by atoms with Gasteiger partial charge < -0.3 is 15.0 Å². The third-order valence-corrected chi connectivity index (χ3v) is 6.13. The van der Waals surface area contributed by atoms with Gasteiger partial charge in [-0.05, 0) is 31.2 Å². The molecule has 0 spiro atoms. The summed E-state index contributed by atoms with van der Waals surface area (Å²) in [4.78, 5) is 16.5. The number of ether oxygens (including phenoxy) is 1. The number of nitrogens with zero attached hydrogens (tertiary/aromatic N) is 3. The van der Waals surface area contributed by atoms with Crippen LogP contribution in [0.4, 0.5) is 16.2 Å². The van der Waals surface area contributed by atoms with Crippen LogP contribution < -0.4 is 15.1 Å². The van der Waals surface area contributed by atoms with Crippen LogP contribution in [0.3, 0.4) is 0 Å². The number of carbonyl (C=O) groups is 1. The summed E-state index contributed by atoms with van der Waals surface area (Å²) in [6.45, 7) is 5.01. The Hall–Kier alpha value is -1.91. The number of carbonyl (C=O) groups excluding carboxylic acids is 1. The molecule has 0 saturated carbocycles. The van der Waals surface area contributed by atoms with Crippen molar-refractivity contribution in [3.8, 4) is 0 Å². The van der Waals surface area contributed by atoms with Crippen molar-refractivity contribution in [3.05, 3.63) is 24.3 Å². The molecule has 8 nitrogen and oxygen atoms in total. The Kier molecular flexibility index (Phi) is 5.87. The molecule has 1 aromatic rings. The van der Waals surface area contributed by atoms with Gasteiger partial charge >= 0.3 is 6.09 Å². The first-order chi connectivity index (χ1) is 12.7. The molecular weight excluding hydrogens is 388 g/mol. The predicted octanol–water partition coefficient (Wildman–Crippen LogP) is 1.03. The molecule has 1 atom stereocenters. The van der Waals surface area contributed by atoms with E-state index < -0.39 is 10.0 Å². The van der Waals surface area contributed by atoms with Gasteiger partial charge in [-0.25, -0.2) is 13.2 Å². The maximum atomic E-state index is 12.1. The summed E-state index contributed by atoms with van der Waals surface area (Å²) in [6.07, 6.45) is 0.640. The molecule has 1 aromatic carbocycles. The first kappa shape index (κ1) is 19.8. The van der Waals surface area contributed by atoms with Crippen LogP contribution >= 0.6 is 12.2 Å². The minimum Gasteiger partial charge on any atom is -0.442 e. The van der Waals surface area contributed by atoms with E-state index in [-0.39, 0.29) is 12.2 Å². The maximum absolute atomic E-state index is 12.1.